The van der Waals surface area contributed by atoms with Crippen LogP contribution in [0.4, 0.5) is 0 Å². The number of benzene rings is 2. The van der Waals surface area contributed by atoms with Crippen LogP contribution in [0.1, 0.15) is 53.6 Å². The molecule has 164 valence electrons. The zero-order valence-electron chi connectivity index (χ0n) is 17.9. The van der Waals surface area contributed by atoms with Crippen molar-refractivity contribution in [3.63, 3.8) is 0 Å². The summed E-state index contributed by atoms with van der Waals surface area (Å²) in [5.74, 6) is -0.872. The second-order valence-electron chi connectivity index (χ2n) is 8.39. The van der Waals surface area contributed by atoms with Gasteiger partial charge in [0.25, 0.3) is 0 Å². The number of hydrogen-bond donors (Lipinski definition) is 1. The third-order valence-electron chi connectivity index (χ3n) is 6.23. The molecule has 5 nitrogen and oxygen atoms in total. The van der Waals surface area contributed by atoms with Crippen molar-refractivity contribution in [1.29, 1.82) is 0 Å². The number of aromatic carboxylic acids is 1. The maximum atomic E-state index is 12.6. The van der Waals surface area contributed by atoms with Crippen molar-refractivity contribution in [2.45, 2.75) is 51.5 Å². The van der Waals surface area contributed by atoms with Crippen LogP contribution in [0.15, 0.2) is 47.3 Å². The summed E-state index contributed by atoms with van der Waals surface area (Å²) in [5.41, 5.74) is 3.49. The Kier molecular flexibility index (Phi) is 7.20. The molecule has 1 saturated heterocycles. The van der Waals surface area contributed by atoms with Crippen LogP contribution in [-0.2, 0) is 19.4 Å². The van der Waals surface area contributed by atoms with E-state index in [0.29, 0.717) is 5.56 Å². The monoisotopic (exact) mass is 438 g/mol. The highest BCUT2D eigenvalue weighted by molar-refractivity contribution is 7.16. The zero-order valence-corrected chi connectivity index (χ0v) is 18.7. The highest BCUT2D eigenvalue weighted by Crippen LogP contribution is 2.21. The summed E-state index contributed by atoms with van der Waals surface area (Å²) in [6.07, 6.45) is 7.64. The number of carbonyl (C=O) groups is 1. The number of carboxylic acid groups (broad SMARTS) is 1. The minimum absolute atomic E-state index is 0.123. The molecule has 0 unspecified atom stereocenters. The molecule has 2 aromatic carbocycles. The average molecular weight is 439 g/mol. The SMILES string of the molecule is O=C(O)c1ccccc1CCCc1ccc2c(c1)sc(=O)n2CCN1CCCCCC1. The highest BCUT2D eigenvalue weighted by Gasteiger charge is 2.13. The molecule has 6 heteroatoms. The van der Waals surface area contributed by atoms with Crippen LogP contribution in [-0.4, -0.2) is 40.2 Å². The number of hydrogen-bond acceptors (Lipinski definition) is 4. The molecule has 0 spiro atoms. The lowest BCUT2D eigenvalue weighted by Gasteiger charge is -2.19. The van der Waals surface area contributed by atoms with Gasteiger partial charge in [-0.15, -0.1) is 0 Å². The summed E-state index contributed by atoms with van der Waals surface area (Å²) in [6, 6.07) is 13.5. The lowest BCUT2D eigenvalue weighted by Crippen LogP contribution is -2.30. The standard InChI is InChI=1S/C25H30N2O3S/c28-24(29)21-11-4-3-9-20(21)10-7-8-19-12-13-22-23(18-19)31-25(30)27(22)17-16-26-14-5-1-2-6-15-26/h3-4,9,11-13,18H,1-2,5-8,10,14-17H2,(H,28,29). The Morgan fingerprint density at radius 1 is 0.968 bits per heavy atom. The maximum absolute atomic E-state index is 12.6. The summed E-state index contributed by atoms with van der Waals surface area (Å²) in [4.78, 5) is 26.6. The van der Waals surface area contributed by atoms with Gasteiger partial charge in [-0.2, -0.15) is 0 Å². The number of aromatic nitrogens is 1. The minimum Gasteiger partial charge on any atom is -0.478 e. The van der Waals surface area contributed by atoms with E-state index in [2.05, 4.69) is 23.1 Å². The molecule has 4 rings (SSSR count). The molecule has 1 aromatic heterocycles. The van der Waals surface area contributed by atoms with E-state index < -0.39 is 5.97 Å². The topological polar surface area (TPSA) is 62.5 Å². The Balaban J connectivity index is 1.40. The molecule has 3 aromatic rings. The molecule has 1 fully saturated rings. The Bertz CT molecular complexity index is 1090. The fourth-order valence-corrected chi connectivity index (χ4v) is 5.49. The third-order valence-corrected chi connectivity index (χ3v) is 7.17. The summed E-state index contributed by atoms with van der Waals surface area (Å²) < 4.78 is 2.97. The van der Waals surface area contributed by atoms with E-state index in [-0.39, 0.29) is 4.87 Å². The zero-order chi connectivity index (χ0) is 21.6. The Hall–Kier alpha value is -2.44. The van der Waals surface area contributed by atoms with Gasteiger partial charge in [-0.25, -0.2) is 4.79 Å². The van der Waals surface area contributed by atoms with E-state index in [4.69, 9.17) is 0 Å². The lowest BCUT2D eigenvalue weighted by atomic mass is 10.00. The Labute approximate surface area is 186 Å². The van der Waals surface area contributed by atoms with Crippen molar-refractivity contribution in [2.75, 3.05) is 19.6 Å². The molecule has 2 heterocycles. The van der Waals surface area contributed by atoms with Crippen LogP contribution in [0.3, 0.4) is 0 Å². The summed E-state index contributed by atoms with van der Waals surface area (Å²) >= 11 is 1.33. The van der Waals surface area contributed by atoms with Crippen LogP contribution < -0.4 is 4.87 Å². The van der Waals surface area contributed by atoms with Crippen molar-refractivity contribution in [1.82, 2.24) is 9.47 Å². The molecule has 1 N–H and O–H groups in total. The molecule has 1 aliphatic heterocycles. The maximum Gasteiger partial charge on any atom is 0.335 e. The summed E-state index contributed by atoms with van der Waals surface area (Å²) in [7, 11) is 0. The van der Waals surface area contributed by atoms with Gasteiger partial charge in [-0.05, 0) is 74.5 Å². The fourth-order valence-electron chi connectivity index (χ4n) is 4.51. The number of likely N-dealkylation sites (tertiary alicyclic amines) is 1. The van der Waals surface area contributed by atoms with Gasteiger partial charge in [0.05, 0.1) is 15.8 Å². The predicted octanol–water partition coefficient (Wildman–Crippen LogP) is 4.81. The first-order valence-electron chi connectivity index (χ1n) is 11.3. The molecule has 1 aliphatic rings. The van der Waals surface area contributed by atoms with Crippen LogP contribution in [0.5, 0.6) is 0 Å². The highest BCUT2D eigenvalue weighted by atomic mass is 32.1. The number of aryl methyl sites for hydroxylation is 2. The molecular formula is C25H30N2O3S. The number of thiazole rings is 1. The molecule has 0 amide bonds. The minimum atomic E-state index is -0.872. The molecule has 0 aliphatic carbocycles. The first-order chi connectivity index (χ1) is 15.1. The van der Waals surface area contributed by atoms with Crippen LogP contribution in [0.25, 0.3) is 10.2 Å². The van der Waals surface area contributed by atoms with E-state index in [1.165, 1.54) is 42.6 Å². The first-order valence-corrected chi connectivity index (χ1v) is 12.1. The number of fused-ring (bicyclic) bond motifs is 1. The number of carboxylic acids is 1. The van der Waals surface area contributed by atoms with Crippen molar-refractivity contribution >= 4 is 27.5 Å². The van der Waals surface area contributed by atoms with Gasteiger partial charge in [0.1, 0.15) is 0 Å². The van der Waals surface area contributed by atoms with E-state index in [9.17, 15) is 14.7 Å². The third kappa shape index (κ3) is 5.43. The van der Waals surface area contributed by atoms with Crippen LogP contribution >= 0.6 is 11.3 Å². The number of rotatable bonds is 8. The largest absolute Gasteiger partial charge is 0.478 e. The van der Waals surface area contributed by atoms with Gasteiger partial charge >= 0.3 is 10.8 Å². The normalized spacial score (nSPS) is 15.2. The second-order valence-corrected chi connectivity index (χ2v) is 9.39. The van der Waals surface area contributed by atoms with E-state index >= 15 is 0 Å². The van der Waals surface area contributed by atoms with Gasteiger partial charge in [0, 0.05) is 13.1 Å². The lowest BCUT2D eigenvalue weighted by molar-refractivity contribution is 0.0695. The van der Waals surface area contributed by atoms with Crippen molar-refractivity contribution in [2.24, 2.45) is 0 Å². The smallest absolute Gasteiger partial charge is 0.335 e. The first kappa shape index (κ1) is 21.8. The average Bonchev–Trinajstić information content (AvgIpc) is 2.92. The van der Waals surface area contributed by atoms with Gasteiger partial charge in [0.15, 0.2) is 0 Å². The number of nitrogens with zero attached hydrogens (tertiary/aromatic N) is 2. The van der Waals surface area contributed by atoms with Crippen LogP contribution in [0, 0.1) is 0 Å². The Morgan fingerprint density at radius 3 is 2.52 bits per heavy atom. The summed E-state index contributed by atoms with van der Waals surface area (Å²) in [6.45, 7) is 3.98. The van der Waals surface area contributed by atoms with Gasteiger partial charge in [-0.1, -0.05) is 48.4 Å². The second kappa shape index (κ2) is 10.2. The Morgan fingerprint density at radius 2 is 1.74 bits per heavy atom. The van der Waals surface area contributed by atoms with Gasteiger partial charge < -0.3 is 10.0 Å². The molecular weight excluding hydrogens is 408 g/mol. The predicted molar refractivity (Wildman–Crippen MR) is 126 cm³/mol. The van der Waals surface area contributed by atoms with E-state index in [1.807, 2.05) is 16.7 Å². The van der Waals surface area contributed by atoms with Crippen molar-refractivity contribution in [3.05, 3.63) is 68.8 Å². The summed E-state index contributed by atoms with van der Waals surface area (Å²) in [5, 5.41) is 9.34. The van der Waals surface area contributed by atoms with Gasteiger partial charge in [0.2, 0.25) is 0 Å². The molecule has 0 saturated carbocycles. The van der Waals surface area contributed by atoms with E-state index in [0.717, 1.165) is 61.2 Å². The van der Waals surface area contributed by atoms with Gasteiger partial charge in [-0.3, -0.25) is 9.36 Å². The van der Waals surface area contributed by atoms with Crippen molar-refractivity contribution < 1.29 is 9.90 Å². The van der Waals surface area contributed by atoms with Crippen LogP contribution in [0.2, 0.25) is 0 Å². The molecule has 0 bridgehead atoms. The quantitative estimate of drug-likeness (QED) is 0.548. The molecule has 0 atom stereocenters. The molecule has 31 heavy (non-hydrogen) atoms. The van der Waals surface area contributed by atoms with Crippen molar-refractivity contribution in [3.8, 4) is 0 Å². The van der Waals surface area contributed by atoms with E-state index in [1.54, 1.807) is 12.1 Å². The fraction of sp³-hybridized carbons (Fsp3) is 0.440. The molecule has 0 radical (unpaired) electrons.